The molecule has 1 aliphatic rings. The van der Waals surface area contributed by atoms with E-state index in [-0.39, 0.29) is 29.7 Å². The van der Waals surface area contributed by atoms with E-state index in [1.54, 1.807) is 24.7 Å². The van der Waals surface area contributed by atoms with Crippen LogP contribution < -0.4 is 11.1 Å². The number of allylic oxidation sites excluding steroid dienone is 1. The molecule has 1 saturated carbocycles. The molecular weight excluding hydrogens is 703 g/mol. The largest absolute Gasteiger partial charge is 0.481 e. The molecule has 1 unspecified atom stereocenters. The number of carbonyl (C=O) groups excluding carboxylic acids is 2. The van der Waals surface area contributed by atoms with E-state index in [0.717, 1.165) is 49.8 Å². The molecule has 1 amide bonds. The number of H-pyrrole nitrogens is 1. The van der Waals surface area contributed by atoms with Crippen molar-refractivity contribution < 1.29 is 57.9 Å². The second-order valence-electron chi connectivity index (χ2n) is 10.2. The number of aliphatic imine (C=N–C) groups is 1. The number of rotatable bonds is 11. The van der Waals surface area contributed by atoms with Gasteiger partial charge >= 0.3 is 17.9 Å². The molecule has 20 heteroatoms. The van der Waals surface area contributed by atoms with E-state index in [0.29, 0.717) is 5.01 Å². The lowest BCUT2D eigenvalue weighted by Gasteiger charge is -2.18. The number of carboxylic acids is 2. The van der Waals surface area contributed by atoms with Gasteiger partial charge in [-0.2, -0.15) is 9.49 Å². The molecule has 3 aromatic rings. The van der Waals surface area contributed by atoms with Crippen molar-refractivity contribution in [2.75, 3.05) is 6.61 Å². The molecule has 1 fully saturated rings. The van der Waals surface area contributed by atoms with Gasteiger partial charge in [-0.15, -0.1) is 11.3 Å². The minimum Gasteiger partial charge on any atom is -0.481 e. The predicted molar refractivity (Wildman–Crippen MR) is 179 cm³/mol. The molecular formula is C31H40F3N7O9S. The van der Waals surface area contributed by atoms with Gasteiger partial charge < -0.3 is 31.5 Å². The van der Waals surface area contributed by atoms with Gasteiger partial charge in [0.15, 0.2) is 11.4 Å². The van der Waals surface area contributed by atoms with Gasteiger partial charge in [0.2, 0.25) is 5.95 Å². The molecule has 4 rings (SSSR count). The number of hydrogen-bond acceptors (Lipinski definition) is 13. The molecule has 0 saturated heterocycles. The fraction of sp³-hybridized carbons (Fsp3) is 0.419. The lowest BCUT2D eigenvalue weighted by atomic mass is 9.96. The number of carbonyl (C=O) groups is 4. The highest BCUT2D eigenvalue weighted by molar-refractivity contribution is 7.13. The van der Waals surface area contributed by atoms with E-state index in [2.05, 4.69) is 35.4 Å². The van der Waals surface area contributed by atoms with Crippen LogP contribution in [0.5, 0.6) is 0 Å². The number of nitrogens with two attached hydrogens (primary N) is 1. The number of aromatic nitrogens is 4. The summed E-state index contributed by atoms with van der Waals surface area (Å²) in [6, 6.07) is 1.91. The van der Waals surface area contributed by atoms with Crippen molar-refractivity contribution >= 4 is 47.1 Å². The van der Waals surface area contributed by atoms with Crippen LogP contribution in [0.4, 0.5) is 13.3 Å². The first-order valence-corrected chi connectivity index (χ1v) is 16.3. The zero-order valence-corrected chi connectivity index (χ0v) is 28.8. The van der Waals surface area contributed by atoms with Crippen molar-refractivity contribution in [3.8, 4) is 10.6 Å². The number of halogens is 3. The van der Waals surface area contributed by atoms with Crippen molar-refractivity contribution in [3.05, 3.63) is 58.8 Å². The number of nitrogens with one attached hydrogen (secondary N) is 2. The van der Waals surface area contributed by atoms with E-state index in [9.17, 15) is 32.5 Å². The Hall–Kier alpha value is -5.21. The molecule has 0 aromatic carbocycles. The topological polar surface area (TPSA) is 263 Å². The Bertz CT molecular complexity index is 1630. The average Bonchev–Trinajstić information content (AvgIpc) is 3.82. The number of hydrogen-bond donors (Lipinski definition) is 7. The molecule has 280 valence electrons. The first-order valence-electron chi connectivity index (χ1n) is 15.5. The van der Waals surface area contributed by atoms with Gasteiger partial charge in [0, 0.05) is 34.5 Å². The van der Waals surface area contributed by atoms with Gasteiger partial charge in [-0.3, -0.25) is 24.6 Å². The van der Waals surface area contributed by atoms with Crippen LogP contribution in [-0.4, -0.2) is 88.9 Å². The van der Waals surface area contributed by atoms with Crippen LogP contribution in [0.15, 0.2) is 40.6 Å². The van der Waals surface area contributed by atoms with Crippen LogP contribution in [0.3, 0.4) is 0 Å². The molecule has 0 bridgehead atoms. The summed E-state index contributed by atoms with van der Waals surface area (Å²) >= 11 is 1.27. The second-order valence-corrected chi connectivity index (χ2v) is 11.0. The Labute approximate surface area is 294 Å². The standard InChI is InChI=1S/C21H21F2N7OS.C6H7FO7.C2H6O.C2H6/c22-14-6-7-17(23)30-19(14)18(24)15(10-25-13-4-2-1-3-5-13)28-20(31)16-11-32-21(29-16)12-8-26-27-9-12;7-14-4(10)2-6(13,5(11)12)1-3(8)9;1-2-3;1-2/h6-11,13H,1-5,24H2,(H,26,27)(H,28,31);13H,1-2H2,(H,8,9)(H,11,12);3H,2H2,1H3;1-2H3/b18-15+,25-10?;;;. The average molecular weight is 744 g/mol. The molecule has 0 aliphatic heterocycles. The molecule has 1 atom stereocenters. The maximum Gasteiger partial charge on any atom is 0.352 e. The van der Waals surface area contributed by atoms with Gasteiger partial charge in [-0.25, -0.2) is 23.9 Å². The molecule has 1 aliphatic carbocycles. The third-order valence-corrected chi connectivity index (χ3v) is 7.33. The monoisotopic (exact) mass is 743 g/mol. The van der Waals surface area contributed by atoms with Gasteiger partial charge in [-0.05, 0) is 31.9 Å². The molecule has 0 spiro atoms. The Balaban J connectivity index is 0.000000575. The van der Waals surface area contributed by atoms with E-state index in [4.69, 9.17) is 26.2 Å². The quantitative estimate of drug-likeness (QED) is 0.109. The molecule has 51 heavy (non-hydrogen) atoms. The van der Waals surface area contributed by atoms with Crippen LogP contribution in [0.25, 0.3) is 16.3 Å². The van der Waals surface area contributed by atoms with Gasteiger partial charge in [-0.1, -0.05) is 33.1 Å². The zero-order chi connectivity index (χ0) is 38.6. The minimum absolute atomic E-state index is 0.0374. The number of aliphatic carboxylic acids is 2. The first-order chi connectivity index (χ1) is 24.2. The summed E-state index contributed by atoms with van der Waals surface area (Å²) in [6.45, 7) is 5.93. The van der Waals surface area contributed by atoms with Crippen LogP contribution in [0.2, 0.25) is 0 Å². The van der Waals surface area contributed by atoms with Crippen molar-refractivity contribution in [1.29, 1.82) is 0 Å². The SMILES string of the molecule is CC.CCO.N/C(=C(\C=NC1CCCCC1)NC(=O)c1csc(-c2cn[nH]c2)n1)c1nc(F)ccc1F.O=C(O)CC(O)(CC(=O)OF)C(=O)O. The molecule has 3 heterocycles. The normalized spacial score (nSPS) is 14.2. The van der Waals surface area contributed by atoms with E-state index < -0.39 is 59.7 Å². The number of nitrogens with zero attached hydrogens (tertiary/aromatic N) is 4. The first kappa shape index (κ1) is 43.8. The van der Waals surface area contributed by atoms with Crippen LogP contribution in [0, 0.1) is 11.8 Å². The number of pyridine rings is 1. The molecule has 8 N–H and O–H groups in total. The van der Waals surface area contributed by atoms with Crippen molar-refractivity contribution in [2.45, 2.75) is 77.4 Å². The number of aliphatic hydroxyl groups is 2. The lowest BCUT2D eigenvalue weighted by Crippen LogP contribution is -2.42. The zero-order valence-electron chi connectivity index (χ0n) is 27.9. The van der Waals surface area contributed by atoms with Crippen LogP contribution in [0.1, 0.15) is 81.9 Å². The maximum absolute atomic E-state index is 14.3. The van der Waals surface area contributed by atoms with E-state index in [1.807, 2.05) is 13.8 Å². The number of carboxylic acid groups (broad SMARTS) is 2. The fourth-order valence-electron chi connectivity index (χ4n) is 4.11. The van der Waals surface area contributed by atoms with Crippen molar-refractivity contribution in [2.24, 2.45) is 10.7 Å². The third-order valence-electron chi connectivity index (χ3n) is 6.44. The maximum atomic E-state index is 14.3. The fourth-order valence-corrected chi connectivity index (χ4v) is 4.89. The highest BCUT2D eigenvalue weighted by Gasteiger charge is 2.41. The number of amides is 1. The Morgan fingerprint density at radius 3 is 2.33 bits per heavy atom. The highest BCUT2D eigenvalue weighted by atomic mass is 32.1. The van der Waals surface area contributed by atoms with Gasteiger partial charge in [0.05, 0.1) is 36.5 Å². The Morgan fingerprint density at radius 2 is 1.78 bits per heavy atom. The summed E-state index contributed by atoms with van der Waals surface area (Å²) < 4.78 is 39.1. The molecule has 0 radical (unpaired) electrons. The van der Waals surface area contributed by atoms with E-state index >= 15 is 0 Å². The summed E-state index contributed by atoms with van der Waals surface area (Å²) in [5.41, 5.74) is 3.57. The smallest absolute Gasteiger partial charge is 0.352 e. The molecule has 16 nitrogen and oxygen atoms in total. The van der Waals surface area contributed by atoms with E-state index in [1.165, 1.54) is 17.6 Å². The summed E-state index contributed by atoms with van der Waals surface area (Å²) in [7, 11) is 0. The Morgan fingerprint density at radius 1 is 1.14 bits per heavy atom. The summed E-state index contributed by atoms with van der Waals surface area (Å²) in [5.74, 6) is -7.48. The third kappa shape index (κ3) is 14.7. The van der Waals surface area contributed by atoms with Crippen LogP contribution >= 0.6 is 11.3 Å². The van der Waals surface area contributed by atoms with Crippen molar-refractivity contribution in [1.82, 2.24) is 25.5 Å². The molecule has 3 aromatic heterocycles. The Kier molecular flexibility index (Phi) is 19.3. The van der Waals surface area contributed by atoms with Gasteiger partial charge in [0.25, 0.3) is 5.91 Å². The van der Waals surface area contributed by atoms with Gasteiger partial charge in [0.1, 0.15) is 16.4 Å². The summed E-state index contributed by atoms with van der Waals surface area (Å²) in [4.78, 5) is 58.6. The van der Waals surface area contributed by atoms with Crippen LogP contribution in [-0.2, 0) is 19.3 Å². The lowest BCUT2D eigenvalue weighted by molar-refractivity contribution is -0.193. The minimum atomic E-state index is -2.85. The highest BCUT2D eigenvalue weighted by Crippen LogP contribution is 2.24. The number of thiazole rings is 1. The predicted octanol–water partition coefficient (Wildman–Crippen LogP) is 3.79. The summed E-state index contributed by atoms with van der Waals surface area (Å²) in [5, 5.41) is 44.7. The summed E-state index contributed by atoms with van der Waals surface area (Å²) in [6.07, 6.45) is 7.31. The van der Waals surface area contributed by atoms with Crippen molar-refractivity contribution in [3.63, 3.8) is 0 Å². The number of aliphatic hydroxyl groups excluding tert-OH is 1. The number of aromatic amines is 1. The second kappa shape index (κ2) is 22.5.